The Morgan fingerprint density at radius 3 is 2.63 bits per heavy atom. The minimum atomic E-state index is 0.157. The number of fused-ring (bicyclic) bond motifs is 1. The van der Waals surface area contributed by atoms with E-state index in [-0.39, 0.29) is 5.91 Å². The smallest absolute Gasteiger partial charge is 0.255 e. The average molecular weight is 278 g/mol. The number of hydrogen-bond donors (Lipinski definition) is 0. The van der Waals surface area contributed by atoms with Crippen molar-refractivity contribution in [2.75, 3.05) is 26.2 Å². The van der Waals surface area contributed by atoms with Crippen molar-refractivity contribution in [3.63, 3.8) is 0 Å². The van der Waals surface area contributed by atoms with Gasteiger partial charge < -0.3 is 9.80 Å². The van der Waals surface area contributed by atoms with Gasteiger partial charge in [-0.2, -0.15) is 0 Å². The van der Waals surface area contributed by atoms with Crippen molar-refractivity contribution in [1.82, 2.24) is 9.80 Å². The third kappa shape index (κ3) is 2.39. The molecule has 0 unspecified atom stereocenters. The highest BCUT2D eigenvalue weighted by molar-refractivity contribution is 7.10. The second-order valence-corrected chi connectivity index (χ2v) is 6.16. The van der Waals surface area contributed by atoms with Gasteiger partial charge in [0, 0.05) is 36.4 Å². The lowest BCUT2D eigenvalue weighted by atomic mass is 9.95. The van der Waals surface area contributed by atoms with Crippen LogP contribution in [0.15, 0.2) is 5.38 Å². The molecule has 2 heterocycles. The van der Waals surface area contributed by atoms with Gasteiger partial charge in [0.25, 0.3) is 5.91 Å². The summed E-state index contributed by atoms with van der Waals surface area (Å²) in [6.45, 7) is 2.62. The molecule has 0 radical (unpaired) electrons. The Labute approximate surface area is 117 Å². The number of amides is 2. The third-order valence-electron chi connectivity index (χ3n) is 4.04. The van der Waals surface area contributed by atoms with Gasteiger partial charge in [-0.1, -0.05) is 0 Å². The second kappa shape index (κ2) is 5.33. The molecular weight excluding hydrogens is 260 g/mol. The molecule has 19 heavy (non-hydrogen) atoms. The molecule has 1 fully saturated rings. The Kier molecular flexibility index (Phi) is 3.55. The lowest BCUT2D eigenvalue weighted by molar-refractivity contribution is -0.119. The van der Waals surface area contributed by atoms with Crippen molar-refractivity contribution in [3.05, 3.63) is 21.4 Å². The summed E-state index contributed by atoms with van der Waals surface area (Å²) >= 11 is 1.74. The van der Waals surface area contributed by atoms with Crippen LogP contribution in [0.5, 0.6) is 0 Å². The largest absolute Gasteiger partial charge is 0.342 e. The molecule has 1 aromatic rings. The molecule has 0 bridgehead atoms. The van der Waals surface area contributed by atoms with E-state index in [1.54, 1.807) is 16.2 Å². The topological polar surface area (TPSA) is 40.6 Å². The van der Waals surface area contributed by atoms with E-state index in [0.717, 1.165) is 24.8 Å². The molecule has 0 N–H and O–H groups in total. The Hall–Kier alpha value is -1.36. The van der Waals surface area contributed by atoms with Crippen LogP contribution in [0.3, 0.4) is 0 Å². The van der Waals surface area contributed by atoms with Crippen LogP contribution < -0.4 is 0 Å². The van der Waals surface area contributed by atoms with Gasteiger partial charge in [-0.05, 0) is 31.2 Å². The highest BCUT2D eigenvalue weighted by atomic mass is 32.1. The van der Waals surface area contributed by atoms with Gasteiger partial charge in [-0.15, -0.1) is 11.3 Å². The molecule has 3 rings (SSSR count). The maximum absolute atomic E-state index is 12.6. The molecule has 1 aliphatic heterocycles. The highest BCUT2D eigenvalue weighted by Gasteiger charge is 2.26. The quantitative estimate of drug-likeness (QED) is 0.770. The molecule has 1 aromatic heterocycles. The predicted molar refractivity (Wildman–Crippen MR) is 74.5 cm³/mol. The number of aryl methyl sites for hydroxylation is 1. The van der Waals surface area contributed by atoms with Crippen LogP contribution in [0.25, 0.3) is 0 Å². The first-order valence-corrected chi connectivity index (χ1v) is 7.75. The zero-order chi connectivity index (χ0) is 13.2. The van der Waals surface area contributed by atoms with Crippen LogP contribution in [0.4, 0.5) is 0 Å². The molecule has 1 saturated heterocycles. The Morgan fingerprint density at radius 1 is 1.16 bits per heavy atom. The van der Waals surface area contributed by atoms with Crippen molar-refractivity contribution in [2.24, 2.45) is 0 Å². The zero-order valence-corrected chi connectivity index (χ0v) is 11.7. The van der Waals surface area contributed by atoms with E-state index in [1.165, 1.54) is 23.3 Å². The molecule has 1 aliphatic carbocycles. The molecule has 2 aliphatic rings. The predicted octanol–water partition coefficient (Wildman–Crippen LogP) is 1.54. The molecular formula is C14H18N2O2S. The van der Waals surface area contributed by atoms with Crippen molar-refractivity contribution >= 4 is 23.7 Å². The molecule has 0 aromatic carbocycles. The van der Waals surface area contributed by atoms with Crippen molar-refractivity contribution in [2.45, 2.75) is 25.7 Å². The van der Waals surface area contributed by atoms with E-state index < -0.39 is 0 Å². The van der Waals surface area contributed by atoms with Crippen LogP contribution >= 0.6 is 11.3 Å². The SMILES string of the molecule is O=CN1CCN(C(=O)c2csc3c2CCCC3)CC1. The van der Waals surface area contributed by atoms with Crippen LogP contribution in [0, 0.1) is 0 Å². The summed E-state index contributed by atoms with van der Waals surface area (Å²) in [5, 5.41) is 2.03. The Bertz CT molecular complexity index is 490. The van der Waals surface area contributed by atoms with Gasteiger partial charge in [0.2, 0.25) is 6.41 Å². The Morgan fingerprint density at radius 2 is 1.89 bits per heavy atom. The molecule has 0 saturated carbocycles. The van der Waals surface area contributed by atoms with E-state index in [4.69, 9.17) is 0 Å². The summed E-state index contributed by atoms with van der Waals surface area (Å²) in [5.74, 6) is 0.157. The van der Waals surface area contributed by atoms with Crippen molar-refractivity contribution < 1.29 is 9.59 Å². The van der Waals surface area contributed by atoms with Gasteiger partial charge in [0.1, 0.15) is 0 Å². The normalized spacial score (nSPS) is 19.2. The van der Waals surface area contributed by atoms with Gasteiger partial charge in [-0.25, -0.2) is 0 Å². The minimum Gasteiger partial charge on any atom is -0.342 e. The average Bonchev–Trinajstić information content (AvgIpc) is 2.90. The first-order valence-electron chi connectivity index (χ1n) is 6.87. The summed E-state index contributed by atoms with van der Waals surface area (Å²) in [5.41, 5.74) is 2.21. The van der Waals surface area contributed by atoms with Gasteiger partial charge in [0.05, 0.1) is 5.56 Å². The van der Waals surface area contributed by atoms with Crippen molar-refractivity contribution in [1.29, 1.82) is 0 Å². The number of carbonyl (C=O) groups is 2. The summed E-state index contributed by atoms with van der Waals surface area (Å²) in [7, 11) is 0. The van der Waals surface area contributed by atoms with Crippen LogP contribution in [-0.2, 0) is 17.6 Å². The standard InChI is InChI=1S/C14H18N2O2S/c17-10-15-5-7-16(8-6-15)14(18)12-9-19-13-4-2-1-3-11(12)13/h9-10H,1-8H2. The van der Waals surface area contributed by atoms with Crippen LogP contribution in [-0.4, -0.2) is 48.3 Å². The molecule has 102 valence electrons. The molecule has 0 spiro atoms. The van der Waals surface area contributed by atoms with Crippen LogP contribution in [0.1, 0.15) is 33.6 Å². The zero-order valence-electron chi connectivity index (χ0n) is 10.9. The number of carbonyl (C=O) groups excluding carboxylic acids is 2. The Balaban J connectivity index is 1.74. The number of nitrogens with zero attached hydrogens (tertiary/aromatic N) is 2. The fraction of sp³-hybridized carbons (Fsp3) is 0.571. The van der Waals surface area contributed by atoms with Crippen molar-refractivity contribution in [3.8, 4) is 0 Å². The number of hydrogen-bond acceptors (Lipinski definition) is 3. The van der Waals surface area contributed by atoms with Gasteiger partial charge >= 0.3 is 0 Å². The van der Waals surface area contributed by atoms with E-state index in [1.807, 2.05) is 10.3 Å². The minimum absolute atomic E-state index is 0.157. The fourth-order valence-corrected chi connectivity index (χ4v) is 3.99. The molecule has 4 nitrogen and oxygen atoms in total. The summed E-state index contributed by atoms with van der Waals surface area (Å²) in [6.07, 6.45) is 5.50. The molecule has 5 heteroatoms. The number of piperazine rings is 1. The maximum atomic E-state index is 12.6. The summed E-state index contributed by atoms with van der Waals surface area (Å²) < 4.78 is 0. The first kappa shape index (κ1) is 12.7. The molecule has 0 atom stereocenters. The van der Waals surface area contributed by atoms with Crippen LogP contribution in [0.2, 0.25) is 0 Å². The monoisotopic (exact) mass is 278 g/mol. The number of thiophene rings is 1. The second-order valence-electron chi connectivity index (χ2n) is 5.19. The maximum Gasteiger partial charge on any atom is 0.255 e. The van der Waals surface area contributed by atoms with Gasteiger partial charge in [-0.3, -0.25) is 9.59 Å². The van der Waals surface area contributed by atoms with E-state index in [2.05, 4.69) is 0 Å². The third-order valence-corrected chi connectivity index (χ3v) is 5.13. The fourth-order valence-electron chi connectivity index (χ4n) is 2.87. The first-order chi connectivity index (χ1) is 9.29. The highest BCUT2D eigenvalue weighted by Crippen LogP contribution is 2.31. The van der Waals surface area contributed by atoms with E-state index >= 15 is 0 Å². The molecule has 2 amide bonds. The van der Waals surface area contributed by atoms with Gasteiger partial charge in [0.15, 0.2) is 0 Å². The lowest BCUT2D eigenvalue weighted by Gasteiger charge is -2.32. The number of rotatable bonds is 2. The van der Waals surface area contributed by atoms with E-state index in [9.17, 15) is 9.59 Å². The lowest BCUT2D eigenvalue weighted by Crippen LogP contribution is -2.48. The summed E-state index contributed by atoms with van der Waals surface area (Å²) in [6, 6.07) is 0. The van der Waals surface area contributed by atoms with E-state index in [0.29, 0.717) is 26.2 Å². The summed E-state index contributed by atoms with van der Waals surface area (Å²) in [4.78, 5) is 28.3.